The van der Waals surface area contributed by atoms with E-state index < -0.39 is 17.9 Å². The molecule has 32 heavy (non-hydrogen) atoms. The maximum atomic E-state index is 12.9. The fraction of sp³-hybridized carbons (Fsp3) is 0.520. The molecule has 2 N–H and O–H groups in total. The minimum atomic E-state index is -0.570. The standard InChI is InChI=1S/C25H37N3O4/c1-7-28(8-2)15-14-26-20-13-11-12-19(16-20)23-21(24(29)31-9-3)17(5)27-18(6)22(23)25(30)32-10-4/h11-13,16,23,26-27H,7-10,14-15H2,1-6H3. The Labute approximate surface area is 191 Å². The second kappa shape index (κ2) is 12.3. The quantitative estimate of drug-likeness (QED) is 0.504. The highest BCUT2D eigenvalue weighted by atomic mass is 16.5. The fourth-order valence-corrected chi connectivity index (χ4v) is 4.01. The molecule has 0 radical (unpaired) electrons. The molecule has 1 aromatic carbocycles. The van der Waals surface area contributed by atoms with E-state index in [0.717, 1.165) is 37.4 Å². The molecule has 0 aromatic heterocycles. The van der Waals surface area contributed by atoms with Crippen LogP contribution in [0.2, 0.25) is 0 Å². The third kappa shape index (κ3) is 6.13. The van der Waals surface area contributed by atoms with E-state index in [1.807, 2.05) is 38.1 Å². The van der Waals surface area contributed by atoms with Crippen molar-refractivity contribution in [3.8, 4) is 0 Å². The first-order chi connectivity index (χ1) is 15.4. The first kappa shape index (κ1) is 25.5. The molecule has 0 saturated heterocycles. The number of nitrogens with one attached hydrogen (secondary N) is 2. The van der Waals surface area contributed by atoms with Gasteiger partial charge in [0.1, 0.15) is 0 Å². The third-order valence-electron chi connectivity index (χ3n) is 5.62. The number of dihydropyridines is 1. The number of carbonyl (C=O) groups excluding carboxylic acids is 2. The van der Waals surface area contributed by atoms with Crippen molar-refractivity contribution in [3.05, 3.63) is 52.4 Å². The number of carbonyl (C=O) groups is 2. The van der Waals surface area contributed by atoms with Crippen molar-refractivity contribution in [3.63, 3.8) is 0 Å². The number of likely N-dealkylation sites (N-methyl/N-ethyl adjacent to an activating group) is 1. The lowest BCUT2D eigenvalue weighted by atomic mass is 9.80. The van der Waals surface area contributed by atoms with Gasteiger partial charge in [0.05, 0.1) is 30.3 Å². The van der Waals surface area contributed by atoms with E-state index in [1.165, 1.54) is 0 Å². The van der Waals surface area contributed by atoms with Gasteiger partial charge in [0, 0.05) is 30.2 Å². The summed E-state index contributed by atoms with van der Waals surface area (Å²) in [6, 6.07) is 7.86. The van der Waals surface area contributed by atoms with Gasteiger partial charge in [-0.1, -0.05) is 26.0 Å². The van der Waals surface area contributed by atoms with Crippen molar-refractivity contribution in [2.45, 2.75) is 47.5 Å². The van der Waals surface area contributed by atoms with Gasteiger partial charge in [0.2, 0.25) is 0 Å². The Morgan fingerprint density at radius 1 is 0.969 bits per heavy atom. The zero-order valence-electron chi connectivity index (χ0n) is 20.2. The molecule has 0 unspecified atom stereocenters. The highest BCUT2D eigenvalue weighted by Gasteiger charge is 2.37. The first-order valence-electron chi connectivity index (χ1n) is 11.5. The molecular formula is C25H37N3O4. The molecule has 2 rings (SSSR count). The monoisotopic (exact) mass is 443 g/mol. The van der Waals surface area contributed by atoms with E-state index in [9.17, 15) is 9.59 Å². The fourth-order valence-electron chi connectivity index (χ4n) is 4.01. The molecule has 0 atom stereocenters. The van der Waals surface area contributed by atoms with Crippen LogP contribution >= 0.6 is 0 Å². The van der Waals surface area contributed by atoms with Crippen LogP contribution in [0.3, 0.4) is 0 Å². The summed E-state index contributed by atoms with van der Waals surface area (Å²) in [5.41, 5.74) is 4.00. The van der Waals surface area contributed by atoms with Gasteiger partial charge in [-0.2, -0.15) is 0 Å². The Morgan fingerprint density at radius 2 is 1.53 bits per heavy atom. The number of anilines is 1. The molecule has 176 valence electrons. The molecule has 0 fully saturated rings. The van der Waals surface area contributed by atoms with Crippen LogP contribution in [0.1, 0.15) is 53.0 Å². The van der Waals surface area contributed by atoms with Gasteiger partial charge in [-0.15, -0.1) is 0 Å². The molecule has 7 heteroatoms. The zero-order chi connectivity index (χ0) is 23.7. The van der Waals surface area contributed by atoms with E-state index in [0.29, 0.717) is 22.5 Å². The smallest absolute Gasteiger partial charge is 0.336 e. The summed E-state index contributed by atoms with van der Waals surface area (Å²) in [7, 11) is 0. The second-order valence-electron chi connectivity index (χ2n) is 7.66. The lowest BCUT2D eigenvalue weighted by Crippen LogP contribution is -2.32. The highest BCUT2D eigenvalue weighted by Crippen LogP contribution is 2.39. The molecule has 0 amide bonds. The third-order valence-corrected chi connectivity index (χ3v) is 5.62. The number of nitrogens with zero attached hydrogens (tertiary/aromatic N) is 1. The van der Waals surface area contributed by atoms with Crippen molar-refractivity contribution >= 4 is 17.6 Å². The van der Waals surface area contributed by atoms with Crippen molar-refractivity contribution < 1.29 is 19.1 Å². The van der Waals surface area contributed by atoms with Crippen LogP contribution in [0.4, 0.5) is 5.69 Å². The number of esters is 2. The number of hydrogen-bond donors (Lipinski definition) is 2. The SMILES string of the molecule is CCOC(=O)C1=C(C)NC(C)=C(C(=O)OCC)C1c1cccc(NCCN(CC)CC)c1. The molecule has 1 aliphatic heterocycles. The number of hydrogen-bond acceptors (Lipinski definition) is 7. The molecule has 0 aliphatic carbocycles. The minimum Gasteiger partial charge on any atom is -0.463 e. The second-order valence-corrected chi connectivity index (χ2v) is 7.66. The number of rotatable bonds is 11. The molecule has 1 heterocycles. The maximum absolute atomic E-state index is 12.9. The van der Waals surface area contributed by atoms with Crippen molar-refractivity contribution in [2.75, 3.05) is 44.7 Å². The summed E-state index contributed by atoms with van der Waals surface area (Å²) in [5.74, 6) is -1.44. The van der Waals surface area contributed by atoms with Gasteiger partial charge in [-0.25, -0.2) is 9.59 Å². The van der Waals surface area contributed by atoms with E-state index in [2.05, 4.69) is 29.4 Å². The lowest BCUT2D eigenvalue weighted by Gasteiger charge is -2.30. The summed E-state index contributed by atoms with van der Waals surface area (Å²) >= 11 is 0. The number of benzene rings is 1. The van der Waals surface area contributed by atoms with Crippen LogP contribution in [0.5, 0.6) is 0 Å². The lowest BCUT2D eigenvalue weighted by molar-refractivity contribution is -0.139. The first-order valence-corrected chi connectivity index (χ1v) is 11.5. The van der Waals surface area contributed by atoms with E-state index in [1.54, 1.807) is 13.8 Å². The predicted octanol–water partition coefficient (Wildman–Crippen LogP) is 3.80. The zero-order valence-corrected chi connectivity index (χ0v) is 20.2. The summed E-state index contributed by atoms with van der Waals surface area (Å²) in [6.45, 7) is 15.8. The van der Waals surface area contributed by atoms with Crippen LogP contribution in [0.25, 0.3) is 0 Å². The van der Waals surface area contributed by atoms with E-state index >= 15 is 0 Å². The molecule has 0 spiro atoms. The summed E-state index contributed by atoms with van der Waals surface area (Å²) in [5, 5.41) is 6.63. The van der Waals surface area contributed by atoms with Crippen molar-refractivity contribution in [1.82, 2.24) is 10.2 Å². The average Bonchev–Trinajstić information content (AvgIpc) is 2.76. The van der Waals surface area contributed by atoms with Crippen LogP contribution in [-0.2, 0) is 19.1 Å². The molecule has 7 nitrogen and oxygen atoms in total. The average molecular weight is 444 g/mol. The Hall–Kier alpha value is -2.80. The normalized spacial score (nSPS) is 14.5. The Morgan fingerprint density at radius 3 is 2.03 bits per heavy atom. The van der Waals surface area contributed by atoms with Gasteiger partial charge < -0.3 is 25.0 Å². The van der Waals surface area contributed by atoms with E-state index in [4.69, 9.17) is 9.47 Å². The van der Waals surface area contributed by atoms with Gasteiger partial charge in [-0.3, -0.25) is 0 Å². The minimum absolute atomic E-state index is 0.257. The number of ether oxygens (including phenoxy) is 2. The van der Waals surface area contributed by atoms with Gasteiger partial charge >= 0.3 is 11.9 Å². The maximum Gasteiger partial charge on any atom is 0.336 e. The number of allylic oxidation sites excluding steroid dienone is 2. The van der Waals surface area contributed by atoms with Crippen molar-refractivity contribution in [2.24, 2.45) is 0 Å². The molecule has 1 aromatic rings. The van der Waals surface area contributed by atoms with Crippen LogP contribution in [0, 0.1) is 0 Å². The van der Waals surface area contributed by atoms with Gasteiger partial charge in [-0.05, 0) is 58.5 Å². The van der Waals surface area contributed by atoms with Crippen LogP contribution < -0.4 is 10.6 Å². The molecule has 0 bridgehead atoms. The summed E-state index contributed by atoms with van der Waals surface area (Å²) in [6.07, 6.45) is 0. The molecular weight excluding hydrogens is 406 g/mol. The summed E-state index contributed by atoms with van der Waals surface area (Å²) in [4.78, 5) is 28.2. The molecule has 1 aliphatic rings. The largest absolute Gasteiger partial charge is 0.463 e. The summed E-state index contributed by atoms with van der Waals surface area (Å²) < 4.78 is 10.7. The Balaban J connectivity index is 2.44. The van der Waals surface area contributed by atoms with Crippen LogP contribution in [0.15, 0.2) is 46.8 Å². The van der Waals surface area contributed by atoms with Gasteiger partial charge in [0.15, 0.2) is 0 Å². The van der Waals surface area contributed by atoms with Crippen LogP contribution in [-0.4, -0.2) is 56.2 Å². The Kier molecular flexibility index (Phi) is 9.78. The predicted molar refractivity (Wildman–Crippen MR) is 127 cm³/mol. The van der Waals surface area contributed by atoms with Crippen molar-refractivity contribution in [1.29, 1.82) is 0 Å². The molecule has 0 saturated carbocycles. The topological polar surface area (TPSA) is 79.9 Å². The van der Waals surface area contributed by atoms with Gasteiger partial charge in [0.25, 0.3) is 0 Å². The highest BCUT2D eigenvalue weighted by molar-refractivity contribution is 6.00. The van der Waals surface area contributed by atoms with E-state index in [-0.39, 0.29) is 13.2 Å². The Bertz CT molecular complexity index is 832.